The molecule has 14 heavy (non-hydrogen) atoms. The molecular formula is C11H15FO2. The summed E-state index contributed by atoms with van der Waals surface area (Å²) in [4.78, 5) is 10.7. The molecule has 3 heteroatoms. The van der Waals surface area contributed by atoms with Crippen molar-refractivity contribution in [3.05, 3.63) is 23.6 Å². The summed E-state index contributed by atoms with van der Waals surface area (Å²) < 4.78 is 13.2. The van der Waals surface area contributed by atoms with Gasteiger partial charge in [-0.05, 0) is 29.9 Å². The van der Waals surface area contributed by atoms with E-state index in [9.17, 15) is 9.18 Å². The fraction of sp³-hybridized carbons (Fsp3) is 0.545. The Balaban J connectivity index is 3.02. The number of rotatable bonds is 2. The van der Waals surface area contributed by atoms with Gasteiger partial charge in [0, 0.05) is 5.57 Å². The van der Waals surface area contributed by atoms with E-state index in [1.165, 1.54) is 6.08 Å². The predicted molar refractivity (Wildman–Crippen MR) is 52.5 cm³/mol. The molecule has 0 bridgehead atoms. The van der Waals surface area contributed by atoms with Crippen LogP contribution in [0.3, 0.4) is 0 Å². The maximum atomic E-state index is 13.2. The van der Waals surface area contributed by atoms with Crippen LogP contribution in [0.25, 0.3) is 0 Å². The van der Waals surface area contributed by atoms with Crippen LogP contribution in [0.4, 0.5) is 4.39 Å². The first-order valence-corrected chi connectivity index (χ1v) is 4.67. The molecule has 1 unspecified atom stereocenters. The van der Waals surface area contributed by atoms with Crippen molar-refractivity contribution in [3.8, 4) is 0 Å². The third kappa shape index (κ3) is 2.03. The summed E-state index contributed by atoms with van der Waals surface area (Å²) in [5.74, 6) is -1.25. The van der Waals surface area contributed by atoms with E-state index >= 15 is 0 Å². The van der Waals surface area contributed by atoms with Gasteiger partial charge in [0.2, 0.25) is 0 Å². The van der Waals surface area contributed by atoms with Crippen LogP contribution < -0.4 is 0 Å². The minimum absolute atomic E-state index is 0.154. The molecule has 1 N–H and O–H groups in total. The van der Waals surface area contributed by atoms with E-state index in [0.717, 1.165) is 6.08 Å². The highest BCUT2D eigenvalue weighted by Crippen LogP contribution is 2.40. The zero-order valence-corrected chi connectivity index (χ0v) is 8.67. The van der Waals surface area contributed by atoms with Gasteiger partial charge in [-0.1, -0.05) is 20.8 Å². The number of halogens is 1. The zero-order valence-electron chi connectivity index (χ0n) is 8.67. The van der Waals surface area contributed by atoms with Crippen molar-refractivity contribution in [1.82, 2.24) is 0 Å². The summed E-state index contributed by atoms with van der Waals surface area (Å²) >= 11 is 0. The normalized spacial score (nSPS) is 27.2. The van der Waals surface area contributed by atoms with Crippen molar-refractivity contribution in [2.75, 3.05) is 0 Å². The second-order valence-electron chi connectivity index (χ2n) is 4.34. The fourth-order valence-corrected chi connectivity index (χ4v) is 1.54. The Morgan fingerprint density at radius 3 is 2.64 bits per heavy atom. The van der Waals surface area contributed by atoms with Gasteiger partial charge in [-0.15, -0.1) is 0 Å². The summed E-state index contributed by atoms with van der Waals surface area (Å²) in [5, 5.41) is 8.81. The first kappa shape index (κ1) is 11.0. The van der Waals surface area contributed by atoms with E-state index in [2.05, 4.69) is 0 Å². The van der Waals surface area contributed by atoms with E-state index in [1.54, 1.807) is 0 Å². The standard InChI is InChI=1S/C11H15FO2/c1-7(2)11(3)5-8(10(13)14)4-9(12)6-11/h4,6-7H,5H2,1-3H3,(H,13,14). The molecule has 0 aliphatic heterocycles. The Bertz CT molecular complexity index is 315. The molecular weight excluding hydrogens is 183 g/mol. The molecule has 0 saturated carbocycles. The van der Waals surface area contributed by atoms with Gasteiger partial charge in [0.25, 0.3) is 0 Å². The highest BCUT2D eigenvalue weighted by atomic mass is 19.1. The number of aliphatic carboxylic acids is 1. The van der Waals surface area contributed by atoms with E-state index in [-0.39, 0.29) is 16.9 Å². The first-order chi connectivity index (χ1) is 6.35. The molecule has 0 radical (unpaired) electrons. The third-order valence-corrected chi connectivity index (χ3v) is 2.94. The molecule has 0 aromatic rings. The summed E-state index contributed by atoms with van der Waals surface area (Å²) in [6.45, 7) is 5.82. The number of carbonyl (C=O) groups is 1. The molecule has 0 aromatic heterocycles. The third-order valence-electron chi connectivity index (χ3n) is 2.94. The van der Waals surface area contributed by atoms with Gasteiger partial charge in [-0.2, -0.15) is 0 Å². The van der Waals surface area contributed by atoms with Crippen LogP contribution in [0.2, 0.25) is 0 Å². The van der Waals surface area contributed by atoms with Gasteiger partial charge in [0.05, 0.1) is 0 Å². The minimum atomic E-state index is -1.03. The number of allylic oxidation sites excluding steroid dienone is 3. The van der Waals surface area contributed by atoms with Crippen molar-refractivity contribution < 1.29 is 14.3 Å². The smallest absolute Gasteiger partial charge is 0.331 e. The van der Waals surface area contributed by atoms with Gasteiger partial charge < -0.3 is 5.11 Å². The van der Waals surface area contributed by atoms with Gasteiger partial charge in [-0.3, -0.25) is 0 Å². The molecule has 0 spiro atoms. The van der Waals surface area contributed by atoms with E-state index in [4.69, 9.17) is 5.11 Å². The van der Waals surface area contributed by atoms with Crippen molar-refractivity contribution >= 4 is 5.97 Å². The summed E-state index contributed by atoms with van der Waals surface area (Å²) in [6.07, 6.45) is 3.02. The molecule has 1 rings (SSSR count). The molecule has 0 amide bonds. The van der Waals surface area contributed by atoms with Crippen molar-refractivity contribution in [3.63, 3.8) is 0 Å². The van der Waals surface area contributed by atoms with Crippen LogP contribution in [0.5, 0.6) is 0 Å². The van der Waals surface area contributed by atoms with Crippen LogP contribution in [0.1, 0.15) is 27.2 Å². The van der Waals surface area contributed by atoms with Crippen LogP contribution in [-0.2, 0) is 4.79 Å². The van der Waals surface area contributed by atoms with E-state index in [1.807, 2.05) is 20.8 Å². The SMILES string of the molecule is CC(C)C1(C)C=C(F)C=C(C(=O)O)C1. The molecule has 2 nitrogen and oxygen atoms in total. The van der Waals surface area contributed by atoms with Gasteiger partial charge >= 0.3 is 5.97 Å². The van der Waals surface area contributed by atoms with Crippen LogP contribution in [0, 0.1) is 11.3 Å². The predicted octanol–water partition coefficient (Wildman–Crippen LogP) is 2.92. The van der Waals surface area contributed by atoms with E-state index < -0.39 is 11.8 Å². The second kappa shape index (κ2) is 3.56. The first-order valence-electron chi connectivity index (χ1n) is 4.67. The molecule has 1 aliphatic rings. The van der Waals surface area contributed by atoms with Gasteiger partial charge in [0.15, 0.2) is 0 Å². The Hall–Kier alpha value is -1.12. The summed E-state index contributed by atoms with van der Waals surface area (Å²) in [6, 6.07) is 0. The monoisotopic (exact) mass is 198 g/mol. The molecule has 78 valence electrons. The van der Waals surface area contributed by atoms with E-state index in [0.29, 0.717) is 6.42 Å². The van der Waals surface area contributed by atoms with Crippen LogP contribution in [-0.4, -0.2) is 11.1 Å². The van der Waals surface area contributed by atoms with Crippen molar-refractivity contribution in [1.29, 1.82) is 0 Å². The second-order valence-corrected chi connectivity index (χ2v) is 4.34. The average Bonchev–Trinajstić information content (AvgIpc) is 2.02. The molecule has 1 atom stereocenters. The van der Waals surface area contributed by atoms with Crippen LogP contribution >= 0.6 is 0 Å². The maximum absolute atomic E-state index is 13.2. The maximum Gasteiger partial charge on any atom is 0.331 e. The minimum Gasteiger partial charge on any atom is -0.478 e. The molecule has 0 heterocycles. The largest absolute Gasteiger partial charge is 0.478 e. The Labute approximate surface area is 83.1 Å². The average molecular weight is 198 g/mol. The summed E-state index contributed by atoms with van der Waals surface area (Å²) in [7, 11) is 0. The Morgan fingerprint density at radius 2 is 2.21 bits per heavy atom. The highest BCUT2D eigenvalue weighted by Gasteiger charge is 2.32. The molecule has 0 saturated heterocycles. The number of hydrogen-bond donors (Lipinski definition) is 1. The topological polar surface area (TPSA) is 37.3 Å². The lowest BCUT2D eigenvalue weighted by molar-refractivity contribution is -0.133. The highest BCUT2D eigenvalue weighted by molar-refractivity contribution is 5.87. The lowest BCUT2D eigenvalue weighted by atomic mass is 9.72. The number of hydrogen-bond acceptors (Lipinski definition) is 1. The fourth-order valence-electron chi connectivity index (χ4n) is 1.54. The lowest BCUT2D eigenvalue weighted by Gasteiger charge is -2.32. The Kier molecular flexibility index (Phi) is 2.79. The number of carboxylic acids is 1. The molecule has 0 aromatic carbocycles. The van der Waals surface area contributed by atoms with Crippen molar-refractivity contribution in [2.24, 2.45) is 11.3 Å². The molecule has 1 aliphatic carbocycles. The quantitative estimate of drug-likeness (QED) is 0.740. The van der Waals surface area contributed by atoms with Gasteiger partial charge in [-0.25, -0.2) is 9.18 Å². The molecule has 0 fully saturated rings. The lowest BCUT2D eigenvalue weighted by Crippen LogP contribution is -2.26. The van der Waals surface area contributed by atoms with Crippen LogP contribution in [0.15, 0.2) is 23.6 Å². The van der Waals surface area contributed by atoms with Gasteiger partial charge in [0.1, 0.15) is 5.83 Å². The van der Waals surface area contributed by atoms with Crippen molar-refractivity contribution in [2.45, 2.75) is 27.2 Å². The zero-order chi connectivity index (χ0) is 10.9. The Morgan fingerprint density at radius 1 is 1.64 bits per heavy atom. The number of carboxylic acid groups (broad SMARTS) is 1. The summed E-state index contributed by atoms with van der Waals surface area (Å²) in [5.41, 5.74) is -0.228.